The molecule has 6 heteroatoms. The number of rotatable bonds is 9. The Bertz CT molecular complexity index is 768. The van der Waals surface area contributed by atoms with Crippen LogP contribution < -0.4 is 0 Å². The van der Waals surface area contributed by atoms with E-state index in [4.69, 9.17) is 11.2 Å². The minimum atomic E-state index is -0.599. The van der Waals surface area contributed by atoms with Crippen LogP contribution in [0.25, 0.3) is 0 Å². The van der Waals surface area contributed by atoms with Gasteiger partial charge in [0.05, 0.1) is 18.8 Å². The van der Waals surface area contributed by atoms with Crippen molar-refractivity contribution < 1.29 is 9.84 Å². The summed E-state index contributed by atoms with van der Waals surface area (Å²) in [6.07, 6.45) is 5.75. The number of ether oxygens (including phenoxy) is 1. The monoisotopic (exact) mass is 478 g/mol. The molecular weight excluding hydrogens is 443 g/mol. The zero-order chi connectivity index (χ0) is 21.4. The molecule has 1 fully saturated rings. The van der Waals surface area contributed by atoms with Crippen molar-refractivity contribution in [2.45, 2.75) is 38.0 Å². The summed E-state index contributed by atoms with van der Waals surface area (Å²) in [7, 11) is 0. The van der Waals surface area contributed by atoms with Crippen LogP contribution in [0.5, 0.6) is 0 Å². The van der Waals surface area contributed by atoms with Crippen LogP contribution in [0.3, 0.4) is 0 Å². The first-order valence-corrected chi connectivity index (χ1v) is 10.9. The maximum atomic E-state index is 10.4. The van der Waals surface area contributed by atoms with E-state index in [0.717, 1.165) is 32.6 Å². The van der Waals surface area contributed by atoms with Crippen molar-refractivity contribution in [2.75, 3.05) is 39.3 Å². The minimum Gasteiger partial charge on any atom is -0.389 e. The number of piperazine rings is 1. The van der Waals surface area contributed by atoms with E-state index in [9.17, 15) is 5.11 Å². The van der Waals surface area contributed by atoms with Crippen molar-refractivity contribution >= 4 is 24.8 Å². The summed E-state index contributed by atoms with van der Waals surface area (Å²) in [6, 6.07) is 21.7. The summed E-state index contributed by atoms with van der Waals surface area (Å²) in [4.78, 5) is 4.85. The summed E-state index contributed by atoms with van der Waals surface area (Å²) in [5, 5.41) is 10.4. The summed E-state index contributed by atoms with van der Waals surface area (Å²) in [5.41, 5.74) is 2.04. The molecule has 2 aromatic rings. The van der Waals surface area contributed by atoms with Crippen LogP contribution in [0, 0.1) is 12.3 Å². The lowest BCUT2D eigenvalue weighted by Crippen LogP contribution is -2.50. The first kappa shape index (κ1) is 28.5. The van der Waals surface area contributed by atoms with Crippen LogP contribution >= 0.6 is 24.8 Å². The number of β-amino-alcohol motifs (C(OH)–C–C–N with tert-alkyl or cyclic N) is 1. The number of benzene rings is 2. The van der Waals surface area contributed by atoms with E-state index in [-0.39, 0.29) is 37.5 Å². The van der Waals surface area contributed by atoms with Gasteiger partial charge in [-0.05, 0) is 24.5 Å². The average molecular weight is 479 g/mol. The molecule has 1 aliphatic heterocycles. The highest BCUT2D eigenvalue weighted by molar-refractivity contribution is 5.85. The zero-order valence-electron chi connectivity index (χ0n) is 19.0. The van der Waals surface area contributed by atoms with Crippen LogP contribution in [-0.4, -0.2) is 65.9 Å². The van der Waals surface area contributed by atoms with E-state index in [1.165, 1.54) is 11.1 Å². The third-order valence-electron chi connectivity index (χ3n) is 6.05. The van der Waals surface area contributed by atoms with Crippen molar-refractivity contribution in [2.24, 2.45) is 0 Å². The summed E-state index contributed by atoms with van der Waals surface area (Å²) >= 11 is 0. The fourth-order valence-corrected chi connectivity index (χ4v) is 3.97. The second-order valence-electron chi connectivity index (χ2n) is 8.25. The van der Waals surface area contributed by atoms with E-state index in [2.05, 4.69) is 76.4 Å². The number of hydrogen-bond acceptors (Lipinski definition) is 4. The molecule has 1 saturated heterocycles. The van der Waals surface area contributed by atoms with Gasteiger partial charge in [0.1, 0.15) is 5.60 Å². The molecule has 176 valence electrons. The fraction of sp³-hybridized carbons (Fsp3) is 0.462. The Kier molecular flexibility index (Phi) is 12.3. The lowest BCUT2D eigenvalue weighted by molar-refractivity contribution is -0.0506. The van der Waals surface area contributed by atoms with Gasteiger partial charge in [0.15, 0.2) is 0 Å². The van der Waals surface area contributed by atoms with E-state index >= 15 is 0 Å². The standard InChI is InChI=1S/C26H34N2O2.2ClH/c1-4-26(3,5-2)30-21-24(29)20-27-16-18-28(19-17-27)25(22-12-8-6-9-13-22)23-14-10-7-11-15-23;;/h1,6-15,24-25,29H,5,16-21H2,2-3H3;2*1H. The Morgan fingerprint density at radius 1 is 0.969 bits per heavy atom. The van der Waals surface area contributed by atoms with Crippen LogP contribution in [0.15, 0.2) is 60.7 Å². The smallest absolute Gasteiger partial charge is 0.125 e. The van der Waals surface area contributed by atoms with Gasteiger partial charge in [-0.15, -0.1) is 31.2 Å². The van der Waals surface area contributed by atoms with E-state index < -0.39 is 11.7 Å². The van der Waals surface area contributed by atoms with Gasteiger partial charge in [-0.2, -0.15) is 0 Å². The van der Waals surface area contributed by atoms with E-state index in [0.29, 0.717) is 6.54 Å². The molecule has 0 radical (unpaired) electrons. The molecule has 3 rings (SSSR count). The van der Waals surface area contributed by atoms with Crippen molar-refractivity contribution in [3.8, 4) is 12.3 Å². The van der Waals surface area contributed by atoms with Gasteiger partial charge >= 0.3 is 0 Å². The highest BCUT2D eigenvalue weighted by Crippen LogP contribution is 2.29. The van der Waals surface area contributed by atoms with Gasteiger partial charge in [0, 0.05) is 32.7 Å². The second-order valence-corrected chi connectivity index (χ2v) is 8.25. The number of aliphatic hydroxyl groups is 1. The van der Waals surface area contributed by atoms with E-state index in [1.807, 2.05) is 13.8 Å². The molecule has 0 bridgehead atoms. The maximum Gasteiger partial charge on any atom is 0.125 e. The Hall–Kier alpha value is -1.58. The third kappa shape index (κ3) is 7.78. The first-order valence-electron chi connectivity index (χ1n) is 10.9. The Morgan fingerprint density at radius 2 is 1.47 bits per heavy atom. The highest BCUT2D eigenvalue weighted by Gasteiger charge is 2.27. The summed E-state index contributed by atoms with van der Waals surface area (Å²) in [6.45, 7) is 8.54. The van der Waals surface area contributed by atoms with Crippen LogP contribution in [0.4, 0.5) is 0 Å². The average Bonchev–Trinajstić information content (AvgIpc) is 2.80. The molecule has 1 aliphatic rings. The molecule has 0 saturated carbocycles. The van der Waals surface area contributed by atoms with Crippen molar-refractivity contribution in [3.05, 3.63) is 71.8 Å². The minimum absolute atomic E-state index is 0. The number of aliphatic hydroxyl groups excluding tert-OH is 1. The van der Waals surface area contributed by atoms with Gasteiger partial charge < -0.3 is 9.84 Å². The topological polar surface area (TPSA) is 35.9 Å². The van der Waals surface area contributed by atoms with Crippen LogP contribution in [-0.2, 0) is 4.74 Å². The van der Waals surface area contributed by atoms with Gasteiger partial charge in [0.2, 0.25) is 0 Å². The third-order valence-corrected chi connectivity index (χ3v) is 6.05. The summed E-state index contributed by atoms with van der Waals surface area (Å²) < 4.78 is 5.78. The quantitative estimate of drug-likeness (QED) is 0.541. The fourth-order valence-electron chi connectivity index (χ4n) is 3.97. The maximum absolute atomic E-state index is 10.4. The Balaban J connectivity index is 0.00000256. The normalized spacial score (nSPS) is 17.5. The number of nitrogens with zero attached hydrogens (tertiary/aromatic N) is 2. The zero-order valence-corrected chi connectivity index (χ0v) is 20.7. The van der Waals surface area contributed by atoms with Gasteiger partial charge in [-0.1, -0.05) is 73.5 Å². The van der Waals surface area contributed by atoms with Crippen molar-refractivity contribution in [1.29, 1.82) is 0 Å². The van der Waals surface area contributed by atoms with Crippen molar-refractivity contribution in [1.82, 2.24) is 9.80 Å². The van der Waals surface area contributed by atoms with E-state index in [1.54, 1.807) is 0 Å². The molecule has 2 aromatic carbocycles. The van der Waals surface area contributed by atoms with Gasteiger partial charge in [-0.3, -0.25) is 9.80 Å². The first-order chi connectivity index (χ1) is 14.5. The van der Waals surface area contributed by atoms with Crippen LogP contribution in [0.1, 0.15) is 37.4 Å². The lowest BCUT2D eigenvalue weighted by atomic mass is 9.96. The Morgan fingerprint density at radius 3 is 1.91 bits per heavy atom. The molecule has 32 heavy (non-hydrogen) atoms. The number of halogens is 2. The number of terminal acetylenes is 1. The predicted octanol–water partition coefficient (Wildman–Crippen LogP) is 4.42. The molecule has 2 unspecified atom stereocenters. The lowest BCUT2D eigenvalue weighted by Gasteiger charge is -2.40. The SMILES string of the molecule is C#CC(C)(CC)OCC(O)CN1CCN(C(c2ccccc2)c2ccccc2)CC1.Cl.Cl. The second kappa shape index (κ2) is 13.9. The largest absolute Gasteiger partial charge is 0.389 e. The molecule has 0 aromatic heterocycles. The molecule has 0 amide bonds. The molecule has 0 spiro atoms. The van der Waals surface area contributed by atoms with Gasteiger partial charge in [-0.25, -0.2) is 0 Å². The predicted molar refractivity (Wildman–Crippen MR) is 137 cm³/mol. The van der Waals surface area contributed by atoms with Gasteiger partial charge in [0.25, 0.3) is 0 Å². The molecular formula is C26H36Cl2N2O2. The molecule has 1 N–H and O–H groups in total. The molecule has 4 nitrogen and oxygen atoms in total. The number of hydrogen-bond donors (Lipinski definition) is 1. The molecule has 0 aliphatic carbocycles. The molecule has 2 atom stereocenters. The molecule has 1 heterocycles. The van der Waals surface area contributed by atoms with Crippen molar-refractivity contribution in [3.63, 3.8) is 0 Å². The summed E-state index contributed by atoms with van der Waals surface area (Å²) in [5.74, 6) is 2.68. The highest BCUT2D eigenvalue weighted by atomic mass is 35.5. The van der Waals surface area contributed by atoms with Crippen LogP contribution in [0.2, 0.25) is 0 Å². The Labute approximate surface area is 205 Å².